The third kappa shape index (κ3) is 3.91. The summed E-state index contributed by atoms with van der Waals surface area (Å²) in [6.07, 6.45) is 11.1. The molecule has 0 aromatic heterocycles. The summed E-state index contributed by atoms with van der Waals surface area (Å²) in [5.41, 5.74) is 0.680. The van der Waals surface area contributed by atoms with Crippen LogP contribution < -0.4 is 12.4 Å². The average Bonchev–Trinajstić information content (AvgIpc) is 2.97. The lowest BCUT2D eigenvalue weighted by Crippen LogP contribution is -3.00. The van der Waals surface area contributed by atoms with Crippen LogP contribution in [0.4, 0.5) is 0 Å². The third-order valence-electron chi connectivity index (χ3n) is 10.2. The summed E-state index contributed by atoms with van der Waals surface area (Å²) in [6.45, 7) is 7.53. The standard InChI is InChI=1S/C26H44NO2.ClH/c1-17(28)21-9-10-22-20-8-7-19-15-18(24(29)16-27(4,5)6)11-13-25(19,2)23(20)12-14-26(21,22)3;/h18-23H,7-16H2,1-6H3;1H/q+1;/p-1/t18-,19-,20?,21?,22?,23?,25+,26-;/m1./s1. The second kappa shape index (κ2) is 8.18. The van der Waals surface area contributed by atoms with E-state index in [1.165, 1.54) is 38.5 Å². The van der Waals surface area contributed by atoms with Gasteiger partial charge >= 0.3 is 0 Å². The van der Waals surface area contributed by atoms with Crippen molar-refractivity contribution in [2.75, 3.05) is 27.7 Å². The minimum Gasteiger partial charge on any atom is -1.00 e. The number of Topliss-reactive ketones (excluding diaryl/α,β-unsaturated/α-hetero) is 2. The van der Waals surface area contributed by atoms with Crippen LogP contribution in [-0.2, 0) is 9.59 Å². The van der Waals surface area contributed by atoms with Crippen LogP contribution >= 0.6 is 0 Å². The van der Waals surface area contributed by atoms with E-state index < -0.39 is 0 Å². The Morgan fingerprint density at radius 2 is 1.50 bits per heavy atom. The molecule has 3 nitrogen and oxygen atoms in total. The minimum atomic E-state index is 0. The predicted molar refractivity (Wildman–Crippen MR) is 117 cm³/mol. The van der Waals surface area contributed by atoms with Gasteiger partial charge in [-0.3, -0.25) is 9.59 Å². The molecule has 172 valence electrons. The maximum atomic E-state index is 12.9. The second-order valence-corrected chi connectivity index (χ2v) is 12.8. The Morgan fingerprint density at radius 3 is 2.13 bits per heavy atom. The number of halogens is 1. The SMILES string of the molecule is CC(=O)C1CCC2C3CC[C@@H]4C[C@H](C(=O)C[N+](C)(C)C)CC[C@]4(C)C3CC[C@]12C.[Cl-]. The zero-order valence-corrected chi connectivity index (χ0v) is 20.9. The van der Waals surface area contributed by atoms with E-state index in [0.29, 0.717) is 35.4 Å². The molecule has 0 saturated heterocycles. The molecule has 4 fully saturated rings. The predicted octanol–water partition coefficient (Wildman–Crippen LogP) is 2.13. The van der Waals surface area contributed by atoms with E-state index >= 15 is 0 Å². The topological polar surface area (TPSA) is 34.1 Å². The van der Waals surface area contributed by atoms with Crippen LogP contribution in [0.5, 0.6) is 0 Å². The van der Waals surface area contributed by atoms with Gasteiger partial charge in [-0.05, 0) is 99.2 Å². The summed E-state index contributed by atoms with van der Waals surface area (Å²) in [7, 11) is 6.39. The number of carbonyl (C=O) groups excluding carboxylic acids is 2. The molecular formula is C26H44ClNO2. The molecule has 0 amide bonds. The molecule has 0 N–H and O–H groups in total. The molecule has 4 aliphatic carbocycles. The van der Waals surface area contributed by atoms with Crippen molar-refractivity contribution >= 4 is 11.6 Å². The normalized spacial score (nSPS) is 45.5. The molecule has 0 spiro atoms. The molecule has 0 radical (unpaired) electrons. The molecule has 4 saturated carbocycles. The summed E-state index contributed by atoms with van der Waals surface area (Å²) in [4.78, 5) is 25.2. The summed E-state index contributed by atoms with van der Waals surface area (Å²) in [5.74, 6) is 4.66. The van der Waals surface area contributed by atoms with Gasteiger partial charge in [0.25, 0.3) is 0 Å². The number of ketones is 2. The molecule has 0 aromatic carbocycles. The molecule has 4 heteroatoms. The van der Waals surface area contributed by atoms with E-state index in [9.17, 15) is 9.59 Å². The van der Waals surface area contributed by atoms with E-state index in [2.05, 4.69) is 35.0 Å². The smallest absolute Gasteiger partial charge is 0.189 e. The molecule has 0 aliphatic heterocycles. The molecule has 4 aliphatic rings. The highest BCUT2D eigenvalue weighted by Crippen LogP contribution is 2.67. The van der Waals surface area contributed by atoms with E-state index in [4.69, 9.17) is 0 Å². The Labute approximate surface area is 190 Å². The van der Waals surface area contributed by atoms with Crippen molar-refractivity contribution in [3.63, 3.8) is 0 Å². The number of quaternary nitrogens is 1. The van der Waals surface area contributed by atoms with Crippen molar-refractivity contribution in [2.45, 2.75) is 78.6 Å². The van der Waals surface area contributed by atoms with Crippen LogP contribution in [-0.4, -0.2) is 43.7 Å². The number of carbonyl (C=O) groups is 2. The van der Waals surface area contributed by atoms with E-state index in [1.807, 2.05) is 6.92 Å². The number of hydrogen-bond donors (Lipinski definition) is 0. The Bertz CT molecular complexity index is 685. The van der Waals surface area contributed by atoms with Crippen LogP contribution in [0, 0.1) is 46.3 Å². The number of nitrogens with zero attached hydrogens (tertiary/aromatic N) is 1. The monoisotopic (exact) mass is 437 g/mol. The van der Waals surface area contributed by atoms with Crippen LogP contribution in [0.3, 0.4) is 0 Å². The Kier molecular flexibility index (Phi) is 6.61. The highest BCUT2D eigenvalue weighted by molar-refractivity contribution is 5.82. The van der Waals surface area contributed by atoms with Gasteiger partial charge in [0.2, 0.25) is 0 Å². The number of likely N-dealkylation sites (N-methyl/N-ethyl adjacent to an activating group) is 1. The second-order valence-electron chi connectivity index (χ2n) is 12.8. The molecule has 4 rings (SSSR count). The maximum absolute atomic E-state index is 12.9. The highest BCUT2D eigenvalue weighted by atomic mass is 35.5. The van der Waals surface area contributed by atoms with Gasteiger partial charge in [0.05, 0.1) is 21.1 Å². The van der Waals surface area contributed by atoms with Crippen molar-refractivity contribution in [3.8, 4) is 0 Å². The summed E-state index contributed by atoms with van der Waals surface area (Å²) in [5, 5.41) is 0. The van der Waals surface area contributed by atoms with Gasteiger partial charge in [0.1, 0.15) is 12.3 Å². The molecular weight excluding hydrogens is 394 g/mol. The molecule has 0 bridgehead atoms. The Morgan fingerprint density at radius 1 is 0.867 bits per heavy atom. The molecule has 0 aromatic rings. The lowest BCUT2D eigenvalue weighted by atomic mass is 9.44. The summed E-state index contributed by atoms with van der Waals surface area (Å²) < 4.78 is 0.750. The van der Waals surface area contributed by atoms with E-state index in [1.54, 1.807) is 0 Å². The van der Waals surface area contributed by atoms with Crippen molar-refractivity contribution < 1.29 is 26.5 Å². The first kappa shape index (κ1) is 24.2. The number of fused-ring (bicyclic) bond motifs is 5. The lowest BCUT2D eigenvalue weighted by Gasteiger charge is -2.61. The van der Waals surface area contributed by atoms with Gasteiger partial charge in [0.15, 0.2) is 5.78 Å². The van der Waals surface area contributed by atoms with Crippen LogP contribution in [0.2, 0.25) is 0 Å². The molecule has 0 heterocycles. The Balaban J connectivity index is 0.00000256. The van der Waals surface area contributed by atoms with E-state index in [0.717, 1.165) is 47.4 Å². The number of hydrogen-bond acceptors (Lipinski definition) is 2. The third-order valence-corrected chi connectivity index (χ3v) is 10.2. The first-order valence-electron chi connectivity index (χ1n) is 12.3. The van der Waals surface area contributed by atoms with Gasteiger partial charge in [0, 0.05) is 11.8 Å². The molecule has 30 heavy (non-hydrogen) atoms. The fourth-order valence-electron chi connectivity index (χ4n) is 8.81. The van der Waals surface area contributed by atoms with Gasteiger partial charge in [-0.25, -0.2) is 0 Å². The summed E-state index contributed by atoms with van der Waals surface area (Å²) >= 11 is 0. The fraction of sp³-hybridized carbons (Fsp3) is 0.923. The van der Waals surface area contributed by atoms with E-state index in [-0.39, 0.29) is 17.8 Å². The molecule has 4 unspecified atom stereocenters. The first-order chi connectivity index (χ1) is 13.5. The highest BCUT2D eigenvalue weighted by Gasteiger charge is 2.61. The first-order valence-corrected chi connectivity index (χ1v) is 12.3. The van der Waals surface area contributed by atoms with Gasteiger partial charge < -0.3 is 16.9 Å². The van der Waals surface area contributed by atoms with Crippen molar-refractivity contribution in [1.82, 2.24) is 0 Å². The van der Waals surface area contributed by atoms with Gasteiger partial charge in [-0.1, -0.05) is 13.8 Å². The van der Waals surface area contributed by atoms with Crippen molar-refractivity contribution in [1.29, 1.82) is 0 Å². The fourth-order valence-corrected chi connectivity index (χ4v) is 8.81. The zero-order chi connectivity index (χ0) is 21.2. The number of rotatable bonds is 4. The van der Waals surface area contributed by atoms with Gasteiger partial charge in [-0.15, -0.1) is 0 Å². The van der Waals surface area contributed by atoms with Crippen molar-refractivity contribution in [2.24, 2.45) is 46.3 Å². The quantitative estimate of drug-likeness (QED) is 0.631. The maximum Gasteiger partial charge on any atom is 0.189 e. The zero-order valence-electron chi connectivity index (χ0n) is 20.2. The lowest BCUT2D eigenvalue weighted by molar-refractivity contribution is -0.862. The summed E-state index contributed by atoms with van der Waals surface area (Å²) in [6, 6.07) is 0. The minimum absolute atomic E-state index is 0. The van der Waals surface area contributed by atoms with Crippen LogP contribution in [0.15, 0.2) is 0 Å². The van der Waals surface area contributed by atoms with Crippen molar-refractivity contribution in [3.05, 3.63) is 0 Å². The Hall–Kier alpha value is -0.410. The molecule has 8 atom stereocenters. The van der Waals surface area contributed by atoms with Crippen LogP contribution in [0.25, 0.3) is 0 Å². The largest absolute Gasteiger partial charge is 1.00 e. The van der Waals surface area contributed by atoms with Crippen LogP contribution in [0.1, 0.15) is 78.6 Å². The average molecular weight is 438 g/mol. The van der Waals surface area contributed by atoms with Gasteiger partial charge in [-0.2, -0.15) is 0 Å².